The molecule has 2 amide bonds. The van der Waals surface area contributed by atoms with Crippen LogP contribution in [0, 0.1) is 0 Å². The van der Waals surface area contributed by atoms with Crippen LogP contribution >= 0.6 is 0 Å². The van der Waals surface area contributed by atoms with E-state index in [9.17, 15) is 9.59 Å². The number of carbonyl (C=O) groups excluding carboxylic acids is 2. The van der Waals surface area contributed by atoms with Gasteiger partial charge in [-0.15, -0.1) is 0 Å². The van der Waals surface area contributed by atoms with Crippen molar-refractivity contribution in [3.05, 3.63) is 24.3 Å². The van der Waals surface area contributed by atoms with Gasteiger partial charge in [0.05, 0.1) is 6.61 Å². The molecule has 1 fully saturated rings. The smallest absolute Gasteiger partial charge is 0.252 e. The minimum atomic E-state index is -0.887. The van der Waals surface area contributed by atoms with E-state index in [0.717, 1.165) is 5.75 Å². The van der Waals surface area contributed by atoms with Crippen LogP contribution in [-0.2, 0) is 9.59 Å². The molecule has 0 bridgehead atoms. The molecule has 1 N–H and O–H groups in total. The van der Waals surface area contributed by atoms with Crippen LogP contribution in [0.5, 0.6) is 5.75 Å². The highest BCUT2D eigenvalue weighted by molar-refractivity contribution is 6.10. The molecule has 1 aliphatic heterocycles. The molecule has 0 saturated carbocycles. The average molecular weight is 276 g/mol. The molecule has 5 heteroatoms. The molecule has 0 spiro atoms. The fraction of sp³-hybridized carbons (Fsp3) is 0.467. The van der Waals surface area contributed by atoms with E-state index in [1.165, 1.54) is 4.90 Å². The summed E-state index contributed by atoms with van der Waals surface area (Å²) in [4.78, 5) is 26.0. The number of rotatable bonds is 3. The zero-order chi connectivity index (χ0) is 14.9. The second kappa shape index (κ2) is 5.15. The number of benzene rings is 1. The van der Waals surface area contributed by atoms with Gasteiger partial charge in [0, 0.05) is 5.69 Å². The fourth-order valence-corrected chi connectivity index (χ4v) is 2.27. The number of nitrogens with one attached hydrogen (secondary N) is 1. The van der Waals surface area contributed by atoms with Gasteiger partial charge in [-0.2, -0.15) is 0 Å². The third-order valence-corrected chi connectivity index (χ3v) is 3.38. The second-order valence-corrected chi connectivity index (χ2v) is 5.39. The molecular weight excluding hydrogens is 256 g/mol. The molecule has 0 radical (unpaired) electrons. The molecule has 1 aliphatic rings. The van der Waals surface area contributed by atoms with E-state index < -0.39 is 11.6 Å². The van der Waals surface area contributed by atoms with Gasteiger partial charge >= 0.3 is 0 Å². The summed E-state index contributed by atoms with van der Waals surface area (Å²) in [5, 5.41) is 2.73. The Hall–Kier alpha value is -2.04. The number of hydrogen-bond donors (Lipinski definition) is 1. The standard InChI is InChI=1S/C15H20N2O3/c1-5-20-12-8-6-11(7-9-12)17-10(2)13(18)16-15(3,4)14(17)19/h6-10H,5H2,1-4H3,(H,16,18). The van der Waals surface area contributed by atoms with Crippen LogP contribution in [0.4, 0.5) is 5.69 Å². The van der Waals surface area contributed by atoms with Crippen LogP contribution in [-0.4, -0.2) is 30.0 Å². The summed E-state index contributed by atoms with van der Waals surface area (Å²) >= 11 is 0. The number of nitrogens with zero attached hydrogens (tertiary/aromatic N) is 1. The van der Waals surface area contributed by atoms with Gasteiger partial charge in [-0.05, 0) is 52.0 Å². The summed E-state index contributed by atoms with van der Waals surface area (Å²) < 4.78 is 5.38. The van der Waals surface area contributed by atoms with Crippen molar-refractivity contribution in [3.63, 3.8) is 0 Å². The number of piperazine rings is 1. The number of anilines is 1. The van der Waals surface area contributed by atoms with Crippen LogP contribution < -0.4 is 15.0 Å². The normalized spacial score (nSPS) is 21.6. The molecule has 1 unspecified atom stereocenters. The minimum Gasteiger partial charge on any atom is -0.494 e. The lowest BCUT2D eigenvalue weighted by molar-refractivity contribution is -0.136. The molecule has 0 aromatic heterocycles. The highest BCUT2D eigenvalue weighted by Crippen LogP contribution is 2.27. The maximum atomic E-state index is 12.5. The first-order chi connectivity index (χ1) is 9.36. The first kappa shape index (κ1) is 14.4. The Morgan fingerprint density at radius 3 is 2.40 bits per heavy atom. The number of ether oxygens (including phenoxy) is 1. The van der Waals surface area contributed by atoms with Crippen molar-refractivity contribution in [2.45, 2.75) is 39.3 Å². The van der Waals surface area contributed by atoms with Gasteiger partial charge in [-0.1, -0.05) is 0 Å². The predicted octanol–water partition coefficient (Wildman–Crippen LogP) is 1.72. The fourth-order valence-electron chi connectivity index (χ4n) is 2.27. The van der Waals surface area contributed by atoms with Crippen LogP contribution in [0.3, 0.4) is 0 Å². The maximum Gasteiger partial charge on any atom is 0.252 e. The van der Waals surface area contributed by atoms with Crippen molar-refractivity contribution >= 4 is 17.5 Å². The van der Waals surface area contributed by atoms with Gasteiger partial charge in [-0.25, -0.2) is 0 Å². The molecule has 2 rings (SSSR count). The summed E-state index contributed by atoms with van der Waals surface area (Å²) in [6, 6.07) is 6.69. The van der Waals surface area contributed by atoms with E-state index in [1.807, 2.05) is 6.92 Å². The summed E-state index contributed by atoms with van der Waals surface area (Å²) in [6.07, 6.45) is 0. The van der Waals surface area contributed by atoms with Crippen molar-refractivity contribution in [2.75, 3.05) is 11.5 Å². The molecule has 1 aromatic carbocycles. The quantitative estimate of drug-likeness (QED) is 0.914. The Balaban J connectivity index is 2.33. The van der Waals surface area contributed by atoms with Gasteiger partial charge in [0.25, 0.3) is 5.91 Å². The molecule has 1 aromatic rings. The topological polar surface area (TPSA) is 58.6 Å². The van der Waals surface area contributed by atoms with Crippen molar-refractivity contribution in [1.29, 1.82) is 0 Å². The lowest BCUT2D eigenvalue weighted by Crippen LogP contribution is -2.67. The predicted molar refractivity (Wildman–Crippen MR) is 76.8 cm³/mol. The highest BCUT2D eigenvalue weighted by Gasteiger charge is 2.43. The van der Waals surface area contributed by atoms with Gasteiger partial charge in [0.15, 0.2) is 0 Å². The van der Waals surface area contributed by atoms with Gasteiger partial charge < -0.3 is 10.1 Å². The van der Waals surface area contributed by atoms with Crippen LogP contribution in [0.2, 0.25) is 0 Å². The van der Waals surface area contributed by atoms with Crippen molar-refractivity contribution < 1.29 is 14.3 Å². The number of hydrogen-bond acceptors (Lipinski definition) is 3. The van der Waals surface area contributed by atoms with E-state index in [1.54, 1.807) is 45.0 Å². The lowest BCUT2D eigenvalue weighted by Gasteiger charge is -2.41. The third-order valence-electron chi connectivity index (χ3n) is 3.38. The summed E-state index contributed by atoms with van der Waals surface area (Å²) in [5.74, 6) is 0.481. The molecule has 108 valence electrons. The van der Waals surface area contributed by atoms with Crippen molar-refractivity contribution in [1.82, 2.24) is 5.32 Å². The zero-order valence-electron chi connectivity index (χ0n) is 12.3. The Morgan fingerprint density at radius 2 is 1.85 bits per heavy atom. The van der Waals surface area contributed by atoms with Crippen LogP contribution in [0.25, 0.3) is 0 Å². The van der Waals surface area contributed by atoms with E-state index in [-0.39, 0.29) is 11.8 Å². The SMILES string of the molecule is CCOc1ccc(N2C(=O)C(C)(C)NC(=O)C2C)cc1. The summed E-state index contributed by atoms with van der Waals surface area (Å²) in [7, 11) is 0. The van der Waals surface area contributed by atoms with Gasteiger partial charge in [0.2, 0.25) is 5.91 Å². The largest absolute Gasteiger partial charge is 0.494 e. The molecule has 0 aliphatic carbocycles. The molecule has 1 saturated heterocycles. The van der Waals surface area contributed by atoms with Gasteiger partial charge in [-0.3, -0.25) is 14.5 Å². The molecule has 1 atom stereocenters. The zero-order valence-corrected chi connectivity index (χ0v) is 12.3. The summed E-state index contributed by atoms with van der Waals surface area (Å²) in [6.45, 7) is 7.64. The first-order valence-corrected chi connectivity index (χ1v) is 6.75. The summed E-state index contributed by atoms with van der Waals surface area (Å²) in [5.41, 5.74) is -0.184. The molecular formula is C15H20N2O3. The Kier molecular flexibility index (Phi) is 3.70. The average Bonchev–Trinajstić information content (AvgIpc) is 2.39. The van der Waals surface area contributed by atoms with E-state index in [0.29, 0.717) is 12.3 Å². The molecule has 5 nitrogen and oxygen atoms in total. The number of carbonyl (C=O) groups is 2. The maximum absolute atomic E-state index is 12.5. The van der Waals surface area contributed by atoms with E-state index in [2.05, 4.69) is 5.32 Å². The van der Waals surface area contributed by atoms with Crippen molar-refractivity contribution in [2.24, 2.45) is 0 Å². The Labute approximate surface area is 118 Å². The van der Waals surface area contributed by atoms with Crippen LogP contribution in [0.1, 0.15) is 27.7 Å². The Bertz CT molecular complexity index is 522. The van der Waals surface area contributed by atoms with E-state index in [4.69, 9.17) is 4.74 Å². The second-order valence-electron chi connectivity index (χ2n) is 5.39. The Morgan fingerprint density at radius 1 is 1.25 bits per heavy atom. The molecule has 20 heavy (non-hydrogen) atoms. The lowest BCUT2D eigenvalue weighted by atomic mass is 9.96. The van der Waals surface area contributed by atoms with E-state index >= 15 is 0 Å². The minimum absolute atomic E-state index is 0.117. The molecule has 1 heterocycles. The monoisotopic (exact) mass is 276 g/mol. The number of amides is 2. The van der Waals surface area contributed by atoms with Crippen molar-refractivity contribution in [3.8, 4) is 5.75 Å². The van der Waals surface area contributed by atoms with Crippen LogP contribution in [0.15, 0.2) is 24.3 Å². The van der Waals surface area contributed by atoms with Gasteiger partial charge in [0.1, 0.15) is 17.3 Å². The third kappa shape index (κ3) is 2.48. The highest BCUT2D eigenvalue weighted by atomic mass is 16.5. The first-order valence-electron chi connectivity index (χ1n) is 6.75.